The summed E-state index contributed by atoms with van der Waals surface area (Å²) in [5, 5.41) is 3.26. The van der Waals surface area contributed by atoms with E-state index >= 15 is 0 Å². The highest BCUT2D eigenvalue weighted by Gasteiger charge is 2.30. The zero-order valence-electron chi connectivity index (χ0n) is 15.4. The molecule has 0 unspecified atom stereocenters. The van der Waals surface area contributed by atoms with Gasteiger partial charge in [-0.1, -0.05) is 29.5 Å². The molecule has 0 saturated carbocycles. The second-order valence-corrected chi connectivity index (χ2v) is 7.43. The molecule has 0 atom stereocenters. The van der Waals surface area contributed by atoms with Crippen LogP contribution in [0.1, 0.15) is 16.7 Å². The van der Waals surface area contributed by atoms with Crippen LogP contribution in [0.2, 0.25) is 0 Å². The Labute approximate surface area is 167 Å². The molecular formula is C19H15F3N6S. The van der Waals surface area contributed by atoms with Crippen molar-refractivity contribution in [1.29, 1.82) is 0 Å². The topological polar surface area (TPSA) is 89.6 Å². The molecule has 0 aliphatic rings. The fourth-order valence-electron chi connectivity index (χ4n) is 2.96. The van der Waals surface area contributed by atoms with E-state index in [1.807, 2.05) is 32.0 Å². The van der Waals surface area contributed by atoms with Gasteiger partial charge in [-0.3, -0.25) is 0 Å². The van der Waals surface area contributed by atoms with Crippen LogP contribution in [0.25, 0.3) is 21.7 Å². The van der Waals surface area contributed by atoms with E-state index in [0.29, 0.717) is 27.1 Å². The zero-order chi connectivity index (χ0) is 20.8. The molecule has 0 bridgehead atoms. The minimum atomic E-state index is -4.45. The zero-order valence-corrected chi connectivity index (χ0v) is 16.2. The number of anilines is 3. The molecule has 0 aliphatic carbocycles. The standard InChI is InChI=1S/C19H15F3N6S/c1-9-4-3-5-10(2)13(9)15-27-16(14-17(28-15)29-18(23)26-14)25-12-7-6-11(8-24-12)19(20,21)22/h3-8H,1-2H3,(H2,23,26)(H,24,25,27,28). The van der Waals surface area contributed by atoms with Gasteiger partial charge in [-0.25, -0.2) is 19.9 Å². The summed E-state index contributed by atoms with van der Waals surface area (Å²) < 4.78 is 38.3. The van der Waals surface area contributed by atoms with E-state index in [2.05, 4.69) is 25.3 Å². The third-order valence-corrected chi connectivity index (χ3v) is 5.10. The number of nitrogens with zero attached hydrogens (tertiary/aromatic N) is 4. The molecule has 148 valence electrons. The summed E-state index contributed by atoms with van der Waals surface area (Å²) in [6, 6.07) is 8.06. The molecule has 0 amide bonds. The molecule has 1 aromatic carbocycles. The third-order valence-electron chi connectivity index (χ3n) is 4.32. The van der Waals surface area contributed by atoms with Gasteiger partial charge < -0.3 is 11.1 Å². The maximum atomic E-state index is 12.8. The number of halogens is 3. The van der Waals surface area contributed by atoms with Crippen LogP contribution in [0, 0.1) is 13.8 Å². The molecule has 4 aromatic rings. The first-order chi connectivity index (χ1) is 13.7. The number of nitrogens with one attached hydrogen (secondary N) is 1. The van der Waals surface area contributed by atoms with Gasteiger partial charge in [0.15, 0.2) is 21.6 Å². The van der Waals surface area contributed by atoms with Crippen LogP contribution in [0.5, 0.6) is 0 Å². The molecule has 0 fully saturated rings. The van der Waals surface area contributed by atoms with Gasteiger partial charge >= 0.3 is 6.18 Å². The molecule has 0 saturated heterocycles. The van der Waals surface area contributed by atoms with Crippen LogP contribution >= 0.6 is 11.3 Å². The number of pyridine rings is 1. The number of aromatic nitrogens is 4. The van der Waals surface area contributed by atoms with E-state index in [1.165, 1.54) is 17.4 Å². The quantitative estimate of drug-likeness (QED) is 0.482. The Kier molecular flexibility index (Phi) is 4.58. The van der Waals surface area contributed by atoms with Crippen molar-refractivity contribution in [3.8, 4) is 11.4 Å². The summed E-state index contributed by atoms with van der Waals surface area (Å²) in [6.07, 6.45) is -3.69. The van der Waals surface area contributed by atoms with E-state index < -0.39 is 11.7 Å². The summed E-state index contributed by atoms with van der Waals surface area (Å²) in [5.74, 6) is 1.01. The largest absolute Gasteiger partial charge is 0.417 e. The van der Waals surface area contributed by atoms with E-state index in [4.69, 9.17) is 5.73 Å². The number of rotatable bonds is 3. The number of hydrogen-bond acceptors (Lipinski definition) is 7. The molecule has 0 spiro atoms. The van der Waals surface area contributed by atoms with E-state index in [9.17, 15) is 13.2 Å². The second kappa shape index (κ2) is 6.96. The van der Waals surface area contributed by atoms with Crippen LogP contribution < -0.4 is 11.1 Å². The SMILES string of the molecule is Cc1cccc(C)c1-c1nc(Nc2ccc(C(F)(F)F)cn2)c2nc(N)sc2n1. The first-order valence-corrected chi connectivity index (χ1v) is 9.35. The number of nitrogen functional groups attached to an aromatic ring is 1. The van der Waals surface area contributed by atoms with Gasteiger partial charge in [0.2, 0.25) is 0 Å². The van der Waals surface area contributed by atoms with Gasteiger partial charge in [-0.05, 0) is 37.1 Å². The number of aryl methyl sites for hydroxylation is 2. The lowest BCUT2D eigenvalue weighted by Gasteiger charge is -2.12. The van der Waals surface area contributed by atoms with Gasteiger partial charge in [0, 0.05) is 11.8 Å². The van der Waals surface area contributed by atoms with Crippen molar-refractivity contribution in [2.75, 3.05) is 11.1 Å². The van der Waals surface area contributed by atoms with Crippen molar-refractivity contribution in [3.05, 3.63) is 53.2 Å². The average molecular weight is 416 g/mol. The Balaban J connectivity index is 1.81. The van der Waals surface area contributed by atoms with Crippen LogP contribution in [-0.4, -0.2) is 19.9 Å². The number of alkyl halides is 3. The number of nitrogens with two attached hydrogens (primary N) is 1. The number of fused-ring (bicyclic) bond motifs is 1. The average Bonchev–Trinajstić information content (AvgIpc) is 3.02. The minimum Gasteiger partial charge on any atom is -0.375 e. The lowest BCUT2D eigenvalue weighted by molar-refractivity contribution is -0.137. The Morgan fingerprint density at radius 2 is 1.72 bits per heavy atom. The number of benzene rings is 1. The van der Waals surface area contributed by atoms with Gasteiger partial charge in [-0.2, -0.15) is 13.2 Å². The van der Waals surface area contributed by atoms with Gasteiger partial charge in [0.25, 0.3) is 0 Å². The molecule has 29 heavy (non-hydrogen) atoms. The maximum Gasteiger partial charge on any atom is 0.417 e. The van der Waals surface area contributed by atoms with Crippen LogP contribution in [0.3, 0.4) is 0 Å². The molecule has 3 aromatic heterocycles. The highest BCUT2D eigenvalue weighted by molar-refractivity contribution is 7.21. The summed E-state index contributed by atoms with van der Waals surface area (Å²) in [7, 11) is 0. The predicted molar refractivity (Wildman–Crippen MR) is 107 cm³/mol. The number of thiazole rings is 1. The Morgan fingerprint density at radius 3 is 2.34 bits per heavy atom. The lowest BCUT2D eigenvalue weighted by atomic mass is 10.0. The Bertz CT molecular complexity index is 1180. The van der Waals surface area contributed by atoms with E-state index in [1.54, 1.807) is 0 Å². The molecule has 3 N–H and O–H groups in total. The Hall–Kier alpha value is -3.27. The molecule has 0 aliphatic heterocycles. The van der Waals surface area contributed by atoms with Crippen LogP contribution in [0.15, 0.2) is 36.5 Å². The molecule has 0 radical (unpaired) electrons. The lowest BCUT2D eigenvalue weighted by Crippen LogP contribution is -2.06. The third kappa shape index (κ3) is 3.70. The van der Waals surface area contributed by atoms with E-state index in [0.717, 1.165) is 29.0 Å². The smallest absolute Gasteiger partial charge is 0.375 e. The summed E-state index contributed by atoms with van der Waals surface area (Å²) in [4.78, 5) is 17.8. The highest BCUT2D eigenvalue weighted by Crippen LogP contribution is 2.34. The van der Waals surface area contributed by atoms with Crippen LogP contribution in [-0.2, 0) is 6.18 Å². The molecular weight excluding hydrogens is 401 g/mol. The summed E-state index contributed by atoms with van der Waals surface area (Å²) in [5.41, 5.74) is 8.33. The van der Waals surface area contributed by atoms with Crippen molar-refractivity contribution in [2.45, 2.75) is 20.0 Å². The molecule has 4 rings (SSSR count). The van der Waals surface area contributed by atoms with Crippen molar-refractivity contribution >= 4 is 38.5 Å². The van der Waals surface area contributed by atoms with Crippen molar-refractivity contribution in [3.63, 3.8) is 0 Å². The van der Waals surface area contributed by atoms with Gasteiger partial charge in [0.05, 0.1) is 5.56 Å². The Morgan fingerprint density at radius 1 is 1.00 bits per heavy atom. The fourth-order valence-corrected chi connectivity index (χ4v) is 3.67. The normalized spacial score (nSPS) is 11.8. The van der Waals surface area contributed by atoms with Gasteiger partial charge in [0.1, 0.15) is 11.3 Å². The number of hydrogen-bond donors (Lipinski definition) is 2. The molecule has 10 heteroatoms. The van der Waals surface area contributed by atoms with Crippen molar-refractivity contribution < 1.29 is 13.2 Å². The fraction of sp³-hybridized carbons (Fsp3) is 0.158. The monoisotopic (exact) mass is 416 g/mol. The second-order valence-electron chi connectivity index (χ2n) is 6.42. The van der Waals surface area contributed by atoms with E-state index in [-0.39, 0.29) is 5.82 Å². The van der Waals surface area contributed by atoms with Crippen LogP contribution in [0.4, 0.5) is 29.9 Å². The van der Waals surface area contributed by atoms with Crippen molar-refractivity contribution in [1.82, 2.24) is 19.9 Å². The predicted octanol–water partition coefficient (Wildman–Crippen LogP) is 5.11. The summed E-state index contributed by atoms with van der Waals surface area (Å²) in [6.45, 7) is 3.92. The molecule has 6 nitrogen and oxygen atoms in total. The van der Waals surface area contributed by atoms with Crippen molar-refractivity contribution in [2.24, 2.45) is 0 Å². The molecule has 3 heterocycles. The highest BCUT2D eigenvalue weighted by atomic mass is 32.1. The first kappa shape index (κ1) is 19.1. The maximum absolute atomic E-state index is 12.8. The van der Waals surface area contributed by atoms with Gasteiger partial charge in [-0.15, -0.1) is 0 Å². The minimum absolute atomic E-state index is 0.206. The summed E-state index contributed by atoms with van der Waals surface area (Å²) >= 11 is 1.21. The first-order valence-electron chi connectivity index (χ1n) is 8.53.